The Labute approximate surface area is 130 Å². The SMILES string of the molecule is C=c1ccc(C(C)(C)C)c/c1=C/C(=NC)C(C)C(C)(C)C. The van der Waals surface area contributed by atoms with Crippen LogP contribution < -0.4 is 10.4 Å². The van der Waals surface area contributed by atoms with Crippen molar-refractivity contribution in [2.45, 2.75) is 53.9 Å². The zero-order valence-corrected chi connectivity index (χ0v) is 15.0. The van der Waals surface area contributed by atoms with Crippen molar-refractivity contribution < 1.29 is 0 Å². The molecule has 0 aliphatic carbocycles. The Balaban J connectivity index is 3.41. The van der Waals surface area contributed by atoms with Crippen molar-refractivity contribution in [3.05, 3.63) is 34.2 Å². The number of aliphatic imine (C=N–C) groups is 1. The summed E-state index contributed by atoms with van der Waals surface area (Å²) >= 11 is 0. The zero-order valence-electron chi connectivity index (χ0n) is 15.0. The highest BCUT2D eigenvalue weighted by molar-refractivity contribution is 6.11. The predicted octanol–water partition coefficient (Wildman–Crippen LogP) is 3.93. The van der Waals surface area contributed by atoms with E-state index in [4.69, 9.17) is 0 Å². The second-order valence-electron chi connectivity index (χ2n) is 8.04. The Kier molecular flexibility index (Phi) is 5.20. The van der Waals surface area contributed by atoms with Crippen molar-refractivity contribution in [2.75, 3.05) is 7.05 Å². The highest BCUT2D eigenvalue weighted by atomic mass is 14.7. The molecule has 0 saturated heterocycles. The smallest absolute Gasteiger partial charge is 0.0384 e. The summed E-state index contributed by atoms with van der Waals surface area (Å²) in [6.07, 6.45) is 2.20. The Morgan fingerprint density at radius 1 is 1.14 bits per heavy atom. The number of benzene rings is 1. The van der Waals surface area contributed by atoms with Crippen molar-refractivity contribution >= 4 is 18.4 Å². The molecule has 1 rings (SSSR count). The lowest BCUT2D eigenvalue weighted by Crippen LogP contribution is -2.31. The van der Waals surface area contributed by atoms with E-state index < -0.39 is 0 Å². The van der Waals surface area contributed by atoms with Crippen LogP contribution in [0.25, 0.3) is 12.7 Å². The molecule has 0 heterocycles. The molecule has 1 unspecified atom stereocenters. The summed E-state index contributed by atoms with van der Waals surface area (Å²) < 4.78 is 0. The van der Waals surface area contributed by atoms with Gasteiger partial charge in [0.05, 0.1) is 0 Å². The van der Waals surface area contributed by atoms with Crippen LogP contribution in [0.5, 0.6) is 0 Å². The summed E-state index contributed by atoms with van der Waals surface area (Å²) in [5, 5.41) is 2.24. The molecule has 0 fully saturated rings. The lowest BCUT2D eigenvalue weighted by atomic mass is 9.78. The Morgan fingerprint density at radius 2 is 1.71 bits per heavy atom. The molecule has 0 bridgehead atoms. The molecule has 0 radical (unpaired) electrons. The topological polar surface area (TPSA) is 12.4 Å². The van der Waals surface area contributed by atoms with E-state index in [1.165, 1.54) is 10.8 Å². The first-order chi connectivity index (χ1) is 9.46. The first-order valence-electron chi connectivity index (χ1n) is 7.74. The van der Waals surface area contributed by atoms with Gasteiger partial charge < -0.3 is 0 Å². The second kappa shape index (κ2) is 6.17. The van der Waals surface area contributed by atoms with Crippen LogP contribution in [0.15, 0.2) is 23.2 Å². The van der Waals surface area contributed by atoms with Gasteiger partial charge in [0, 0.05) is 18.7 Å². The van der Waals surface area contributed by atoms with E-state index in [-0.39, 0.29) is 10.8 Å². The summed E-state index contributed by atoms with van der Waals surface area (Å²) in [4.78, 5) is 4.52. The molecular weight excluding hydrogens is 254 g/mol. The van der Waals surface area contributed by atoms with Gasteiger partial charge in [0.25, 0.3) is 0 Å². The zero-order chi connectivity index (χ0) is 16.4. The maximum Gasteiger partial charge on any atom is 0.0384 e. The first kappa shape index (κ1) is 17.7. The predicted molar refractivity (Wildman–Crippen MR) is 96.4 cm³/mol. The normalized spacial score (nSPS) is 16.2. The van der Waals surface area contributed by atoms with Gasteiger partial charge in [0.1, 0.15) is 0 Å². The molecule has 1 heteroatoms. The minimum absolute atomic E-state index is 0.148. The lowest BCUT2D eigenvalue weighted by molar-refractivity contribution is 0.335. The maximum absolute atomic E-state index is 4.52. The number of rotatable bonds is 2. The summed E-state index contributed by atoms with van der Waals surface area (Å²) in [7, 11) is 1.88. The number of hydrogen-bond donors (Lipinski definition) is 0. The van der Waals surface area contributed by atoms with Crippen molar-refractivity contribution in [3.8, 4) is 0 Å². The second-order valence-corrected chi connectivity index (χ2v) is 8.04. The van der Waals surface area contributed by atoms with E-state index in [0.717, 1.165) is 10.9 Å². The third-order valence-corrected chi connectivity index (χ3v) is 4.32. The minimum Gasteiger partial charge on any atom is -0.293 e. The fourth-order valence-corrected chi connectivity index (χ4v) is 2.18. The van der Waals surface area contributed by atoms with Gasteiger partial charge in [-0.25, -0.2) is 0 Å². The molecule has 1 nitrogen and oxygen atoms in total. The van der Waals surface area contributed by atoms with Crippen LogP contribution in [0, 0.1) is 11.3 Å². The minimum atomic E-state index is 0.148. The first-order valence-corrected chi connectivity index (χ1v) is 7.74. The van der Waals surface area contributed by atoms with Crippen LogP contribution in [0.4, 0.5) is 0 Å². The Morgan fingerprint density at radius 3 is 2.14 bits per heavy atom. The quantitative estimate of drug-likeness (QED) is 0.730. The van der Waals surface area contributed by atoms with E-state index in [9.17, 15) is 0 Å². The summed E-state index contributed by atoms with van der Waals surface area (Å²) in [6, 6.07) is 6.54. The summed E-state index contributed by atoms with van der Waals surface area (Å²) in [6.45, 7) is 19.9. The average Bonchev–Trinajstić information content (AvgIpc) is 2.34. The fraction of sp³-hybridized carbons (Fsp3) is 0.550. The van der Waals surface area contributed by atoms with Gasteiger partial charge in [-0.15, -0.1) is 0 Å². The average molecular weight is 285 g/mol. The van der Waals surface area contributed by atoms with Crippen molar-refractivity contribution in [2.24, 2.45) is 16.3 Å². The molecular formula is C20H31N. The molecule has 0 N–H and O–H groups in total. The van der Waals surface area contributed by atoms with E-state index in [1.54, 1.807) is 0 Å². The molecule has 0 aromatic heterocycles. The molecule has 116 valence electrons. The Hall–Kier alpha value is -1.37. The van der Waals surface area contributed by atoms with Crippen LogP contribution in [0.3, 0.4) is 0 Å². The van der Waals surface area contributed by atoms with Crippen LogP contribution in [0.1, 0.15) is 54.0 Å². The highest BCUT2D eigenvalue weighted by Crippen LogP contribution is 2.27. The van der Waals surface area contributed by atoms with Gasteiger partial charge in [0.15, 0.2) is 0 Å². The molecule has 0 saturated carbocycles. The van der Waals surface area contributed by atoms with E-state index in [1.807, 2.05) is 7.05 Å². The third-order valence-electron chi connectivity index (χ3n) is 4.32. The molecule has 0 amide bonds. The fourth-order valence-electron chi connectivity index (χ4n) is 2.18. The van der Waals surface area contributed by atoms with Crippen LogP contribution in [0.2, 0.25) is 0 Å². The molecule has 21 heavy (non-hydrogen) atoms. The van der Waals surface area contributed by atoms with Crippen molar-refractivity contribution in [3.63, 3.8) is 0 Å². The number of hydrogen-bond acceptors (Lipinski definition) is 1. The third kappa shape index (κ3) is 4.56. The lowest BCUT2D eigenvalue weighted by Gasteiger charge is -2.27. The summed E-state index contributed by atoms with van der Waals surface area (Å²) in [5.74, 6) is 0.403. The van der Waals surface area contributed by atoms with Gasteiger partial charge in [-0.3, -0.25) is 4.99 Å². The van der Waals surface area contributed by atoms with E-state index >= 15 is 0 Å². The Bertz CT molecular complexity index is 621. The molecule has 1 aromatic rings. The summed E-state index contributed by atoms with van der Waals surface area (Å²) in [5.41, 5.74) is 2.82. The van der Waals surface area contributed by atoms with Crippen molar-refractivity contribution in [1.29, 1.82) is 0 Å². The maximum atomic E-state index is 4.52. The largest absolute Gasteiger partial charge is 0.293 e. The van der Waals surface area contributed by atoms with Gasteiger partial charge in [-0.2, -0.15) is 0 Å². The van der Waals surface area contributed by atoms with E-state index in [2.05, 4.69) is 84.3 Å². The molecule has 1 atom stereocenters. The van der Waals surface area contributed by atoms with Crippen LogP contribution >= 0.6 is 0 Å². The monoisotopic (exact) mass is 285 g/mol. The molecule has 1 aromatic carbocycles. The van der Waals surface area contributed by atoms with Gasteiger partial charge in [-0.1, -0.05) is 73.2 Å². The van der Waals surface area contributed by atoms with Crippen LogP contribution in [-0.2, 0) is 5.41 Å². The van der Waals surface area contributed by atoms with E-state index in [0.29, 0.717) is 5.92 Å². The molecule has 0 spiro atoms. The van der Waals surface area contributed by atoms with Crippen LogP contribution in [-0.4, -0.2) is 12.8 Å². The molecule has 0 aliphatic heterocycles. The molecule has 0 aliphatic rings. The van der Waals surface area contributed by atoms with Gasteiger partial charge in [0.2, 0.25) is 0 Å². The van der Waals surface area contributed by atoms with Gasteiger partial charge in [-0.05, 0) is 32.9 Å². The highest BCUT2D eigenvalue weighted by Gasteiger charge is 2.23. The van der Waals surface area contributed by atoms with Gasteiger partial charge >= 0.3 is 0 Å². The number of nitrogens with zero attached hydrogens (tertiary/aromatic N) is 1. The standard InChI is InChI=1S/C20H31N/c1-14-10-11-17(20(6,7)8)12-16(14)13-18(21-9)15(2)19(3,4)5/h10-13,15H,1H2,2-9H3/b16-13-,21-18?. The van der Waals surface area contributed by atoms with Crippen molar-refractivity contribution in [1.82, 2.24) is 0 Å².